The molecule has 3 aromatic rings. The summed E-state index contributed by atoms with van der Waals surface area (Å²) in [4.78, 5) is 43.3. The summed E-state index contributed by atoms with van der Waals surface area (Å²) in [6.45, 7) is 2.21. The Morgan fingerprint density at radius 3 is 2.68 bits per heavy atom. The highest BCUT2D eigenvalue weighted by Gasteiger charge is 2.28. The average Bonchev–Trinajstić information content (AvgIpc) is 3.12. The first-order valence-corrected chi connectivity index (χ1v) is 10.1. The monoisotopic (exact) mass is 442 g/mol. The molecular weight excluding hydrogens is 420 g/mol. The molecule has 0 unspecified atom stereocenters. The number of carbonyl (C=O) groups excluding carboxylic acids is 3. The molecule has 0 saturated heterocycles. The van der Waals surface area contributed by atoms with Gasteiger partial charge in [0.05, 0.1) is 23.5 Å². The van der Waals surface area contributed by atoms with Gasteiger partial charge >= 0.3 is 0 Å². The standard InChI is InChI=1S/C20H22N6O4S/c1-11-6-7-12-13(24-11)4-3-5-14(12)26(10-15(27)23-8-9-30-2)20(29)18-16(21)17(19(22)28)25-31-18/h3-7H,8-10,21H2,1-2H3,(H2,22,28)(H,23,27). The molecule has 0 saturated carbocycles. The van der Waals surface area contributed by atoms with Gasteiger partial charge in [0.15, 0.2) is 5.69 Å². The number of fused-ring (bicyclic) bond motifs is 1. The van der Waals surface area contributed by atoms with Gasteiger partial charge in [0, 0.05) is 24.7 Å². The fourth-order valence-electron chi connectivity index (χ4n) is 2.99. The van der Waals surface area contributed by atoms with Gasteiger partial charge in [-0.15, -0.1) is 0 Å². The summed E-state index contributed by atoms with van der Waals surface area (Å²) in [6, 6.07) is 8.93. The molecule has 0 bridgehead atoms. The van der Waals surface area contributed by atoms with E-state index >= 15 is 0 Å². The van der Waals surface area contributed by atoms with Crippen LogP contribution in [0.3, 0.4) is 0 Å². The van der Waals surface area contributed by atoms with Crippen molar-refractivity contribution < 1.29 is 19.1 Å². The second-order valence-corrected chi connectivity index (χ2v) is 7.44. The van der Waals surface area contributed by atoms with E-state index in [9.17, 15) is 14.4 Å². The van der Waals surface area contributed by atoms with Crippen molar-refractivity contribution >= 4 is 51.5 Å². The van der Waals surface area contributed by atoms with Crippen molar-refractivity contribution in [3.05, 3.63) is 46.6 Å². The lowest BCUT2D eigenvalue weighted by atomic mass is 10.1. The molecule has 0 atom stereocenters. The quantitative estimate of drug-likeness (QED) is 0.441. The van der Waals surface area contributed by atoms with Gasteiger partial charge in [-0.05, 0) is 42.7 Å². The number of nitrogen functional groups attached to an aromatic ring is 1. The van der Waals surface area contributed by atoms with Crippen LogP contribution in [-0.2, 0) is 9.53 Å². The van der Waals surface area contributed by atoms with Crippen LogP contribution in [0.5, 0.6) is 0 Å². The zero-order valence-corrected chi connectivity index (χ0v) is 17.9. The topological polar surface area (TPSA) is 154 Å². The first kappa shape index (κ1) is 22.1. The molecule has 0 radical (unpaired) electrons. The van der Waals surface area contributed by atoms with E-state index < -0.39 is 11.8 Å². The SMILES string of the molecule is COCCNC(=O)CN(C(=O)c1snc(C(N)=O)c1N)c1cccc2nc(C)ccc12. The van der Waals surface area contributed by atoms with E-state index in [-0.39, 0.29) is 28.7 Å². The summed E-state index contributed by atoms with van der Waals surface area (Å²) in [5.74, 6) is -1.79. The number of benzene rings is 1. The lowest BCUT2D eigenvalue weighted by Crippen LogP contribution is -2.41. The van der Waals surface area contributed by atoms with E-state index in [4.69, 9.17) is 16.2 Å². The maximum absolute atomic E-state index is 13.4. The molecule has 162 valence electrons. The number of primary amides is 1. The minimum Gasteiger partial charge on any atom is -0.395 e. The summed E-state index contributed by atoms with van der Waals surface area (Å²) < 4.78 is 8.83. The van der Waals surface area contributed by atoms with Gasteiger partial charge in [-0.1, -0.05) is 6.07 Å². The Kier molecular flexibility index (Phi) is 6.78. The number of hydrogen-bond acceptors (Lipinski definition) is 8. The number of anilines is 2. The van der Waals surface area contributed by atoms with Crippen LogP contribution in [0.25, 0.3) is 10.9 Å². The average molecular weight is 443 g/mol. The molecular formula is C20H22N6O4S. The second-order valence-electron chi connectivity index (χ2n) is 6.67. The van der Waals surface area contributed by atoms with Gasteiger partial charge in [0.1, 0.15) is 11.4 Å². The molecule has 11 heteroatoms. The third kappa shape index (κ3) is 4.78. The summed E-state index contributed by atoms with van der Waals surface area (Å²) in [5.41, 5.74) is 12.9. The fourth-order valence-corrected chi connectivity index (χ4v) is 3.74. The summed E-state index contributed by atoms with van der Waals surface area (Å²) in [5, 5.41) is 3.38. The van der Waals surface area contributed by atoms with Crippen molar-refractivity contribution in [3.63, 3.8) is 0 Å². The number of nitrogens with one attached hydrogen (secondary N) is 1. The van der Waals surface area contributed by atoms with Gasteiger partial charge < -0.3 is 21.5 Å². The highest BCUT2D eigenvalue weighted by molar-refractivity contribution is 7.09. The van der Waals surface area contributed by atoms with Crippen LogP contribution in [0.1, 0.15) is 25.9 Å². The molecule has 0 spiro atoms. The molecule has 0 aliphatic rings. The highest BCUT2D eigenvalue weighted by Crippen LogP contribution is 2.30. The van der Waals surface area contributed by atoms with Crippen LogP contribution in [0, 0.1) is 6.92 Å². The molecule has 3 amide bonds. The number of carbonyl (C=O) groups is 3. The van der Waals surface area contributed by atoms with Crippen LogP contribution >= 0.6 is 11.5 Å². The Morgan fingerprint density at radius 1 is 1.23 bits per heavy atom. The van der Waals surface area contributed by atoms with Crippen molar-refractivity contribution in [1.29, 1.82) is 0 Å². The van der Waals surface area contributed by atoms with Crippen molar-refractivity contribution in [2.75, 3.05) is 37.4 Å². The summed E-state index contributed by atoms with van der Waals surface area (Å²) >= 11 is 0.758. The molecule has 31 heavy (non-hydrogen) atoms. The molecule has 1 aromatic carbocycles. The van der Waals surface area contributed by atoms with Gasteiger partial charge in [0.25, 0.3) is 11.8 Å². The third-order valence-electron chi connectivity index (χ3n) is 4.47. The van der Waals surface area contributed by atoms with Gasteiger partial charge in [0.2, 0.25) is 5.91 Å². The zero-order chi connectivity index (χ0) is 22.5. The van der Waals surface area contributed by atoms with Gasteiger partial charge in [-0.3, -0.25) is 24.3 Å². The predicted octanol–water partition coefficient (Wildman–Crippen LogP) is 1.09. The van der Waals surface area contributed by atoms with E-state index in [0.717, 1.165) is 17.2 Å². The molecule has 0 aliphatic carbocycles. The van der Waals surface area contributed by atoms with Crippen molar-refractivity contribution in [1.82, 2.24) is 14.7 Å². The van der Waals surface area contributed by atoms with E-state index in [1.54, 1.807) is 12.1 Å². The van der Waals surface area contributed by atoms with Gasteiger partial charge in [-0.2, -0.15) is 4.37 Å². The number of methoxy groups -OCH3 is 1. The van der Waals surface area contributed by atoms with E-state index in [1.807, 2.05) is 25.1 Å². The Bertz CT molecular complexity index is 1150. The van der Waals surface area contributed by atoms with Crippen LogP contribution in [0.4, 0.5) is 11.4 Å². The zero-order valence-electron chi connectivity index (χ0n) is 17.0. The van der Waals surface area contributed by atoms with Gasteiger partial charge in [-0.25, -0.2) is 0 Å². The van der Waals surface area contributed by atoms with Crippen LogP contribution in [0.2, 0.25) is 0 Å². The highest BCUT2D eigenvalue weighted by atomic mass is 32.1. The maximum Gasteiger partial charge on any atom is 0.272 e. The largest absolute Gasteiger partial charge is 0.395 e. The molecule has 2 heterocycles. The van der Waals surface area contributed by atoms with Crippen molar-refractivity contribution in [3.8, 4) is 0 Å². The van der Waals surface area contributed by atoms with E-state index in [0.29, 0.717) is 29.7 Å². The third-order valence-corrected chi connectivity index (χ3v) is 5.32. The number of pyridine rings is 1. The molecule has 0 aliphatic heterocycles. The summed E-state index contributed by atoms with van der Waals surface area (Å²) in [7, 11) is 1.52. The molecule has 3 rings (SSSR count). The normalized spacial score (nSPS) is 10.8. The Labute approximate surface area is 182 Å². The molecule has 2 aromatic heterocycles. The Hall–Kier alpha value is -3.57. The minimum atomic E-state index is -0.832. The molecule has 0 fully saturated rings. The number of aromatic nitrogens is 2. The van der Waals surface area contributed by atoms with Crippen LogP contribution in [0.15, 0.2) is 30.3 Å². The number of nitrogens with zero attached hydrogens (tertiary/aromatic N) is 3. The number of amides is 3. The Morgan fingerprint density at radius 2 is 2.00 bits per heavy atom. The van der Waals surface area contributed by atoms with Crippen LogP contribution in [-0.4, -0.2) is 53.9 Å². The summed E-state index contributed by atoms with van der Waals surface area (Å²) in [6.07, 6.45) is 0. The lowest BCUT2D eigenvalue weighted by molar-refractivity contribution is -0.119. The number of rotatable bonds is 8. The van der Waals surface area contributed by atoms with E-state index in [1.165, 1.54) is 12.0 Å². The van der Waals surface area contributed by atoms with Crippen molar-refractivity contribution in [2.45, 2.75) is 6.92 Å². The number of nitrogens with two attached hydrogens (primary N) is 2. The maximum atomic E-state index is 13.4. The fraction of sp³-hybridized carbons (Fsp3) is 0.250. The first-order chi connectivity index (χ1) is 14.8. The number of ether oxygens (including phenoxy) is 1. The first-order valence-electron chi connectivity index (χ1n) is 9.32. The van der Waals surface area contributed by atoms with Crippen LogP contribution < -0.4 is 21.7 Å². The molecule has 5 N–H and O–H groups in total. The number of hydrogen-bond donors (Lipinski definition) is 3. The van der Waals surface area contributed by atoms with E-state index in [2.05, 4.69) is 14.7 Å². The Balaban J connectivity index is 2.04. The predicted molar refractivity (Wildman–Crippen MR) is 118 cm³/mol. The second kappa shape index (κ2) is 9.49. The smallest absolute Gasteiger partial charge is 0.272 e. The molecule has 10 nitrogen and oxygen atoms in total. The van der Waals surface area contributed by atoms with Crippen molar-refractivity contribution in [2.24, 2.45) is 5.73 Å². The number of aryl methyl sites for hydroxylation is 1. The lowest BCUT2D eigenvalue weighted by Gasteiger charge is -2.23. The minimum absolute atomic E-state index is 0.0237.